The second-order valence-corrected chi connectivity index (χ2v) is 8.58. The SMILES string of the molecule is O=C(Nc1cccc(N=Cc2ccc(OC(=O)c3ccc(Cl)cc3Cl)cc2)c1)c1ccccc1Cl. The number of halogens is 3. The average Bonchev–Trinajstić information content (AvgIpc) is 2.84. The van der Waals surface area contributed by atoms with E-state index in [2.05, 4.69) is 10.3 Å². The highest BCUT2D eigenvalue weighted by molar-refractivity contribution is 6.36. The van der Waals surface area contributed by atoms with E-state index in [1.807, 2.05) is 6.07 Å². The molecule has 0 aliphatic rings. The third-order valence-electron chi connectivity index (χ3n) is 4.83. The van der Waals surface area contributed by atoms with Crippen molar-refractivity contribution >= 4 is 64.3 Å². The number of rotatable bonds is 6. The summed E-state index contributed by atoms with van der Waals surface area (Å²) in [5.74, 6) is -0.520. The minimum absolute atomic E-state index is 0.219. The fraction of sp³-hybridized carbons (Fsp3) is 0. The standard InChI is InChI=1S/C27H17Cl3N2O3/c28-18-10-13-23(25(30)14-18)27(34)35-21-11-8-17(9-12-21)16-31-19-4-3-5-20(15-19)32-26(33)22-6-1-2-7-24(22)29/h1-16H,(H,32,33). The number of ether oxygens (including phenoxy) is 1. The van der Waals surface area contributed by atoms with Crippen LogP contribution in [0.5, 0.6) is 5.75 Å². The first-order chi connectivity index (χ1) is 16.9. The molecular weight excluding hydrogens is 507 g/mol. The lowest BCUT2D eigenvalue weighted by Crippen LogP contribution is -2.12. The minimum Gasteiger partial charge on any atom is -0.423 e. The fourth-order valence-corrected chi connectivity index (χ4v) is 3.80. The molecule has 0 atom stereocenters. The molecule has 0 heterocycles. The van der Waals surface area contributed by atoms with E-state index in [-0.39, 0.29) is 16.5 Å². The molecule has 0 fully saturated rings. The molecule has 0 radical (unpaired) electrons. The van der Waals surface area contributed by atoms with Gasteiger partial charge in [-0.3, -0.25) is 9.79 Å². The van der Waals surface area contributed by atoms with Crippen molar-refractivity contribution < 1.29 is 14.3 Å². The summed E-state index contributed by atoms with van der Waals surface area (Å²) in [4.78, 5) is 29.3. The summed E-state index contributed by atoms with van der Waals surface area (Å²) in [6.07, 6.45) is 1.66. The van der Waals surface area contributed by atoms with Crippen LogP contribution in [0.15, 0.2) is 96.0 Å². The van der Waals surface area contributed by atoms with E-state index in [0.717, 1.165) is 5.56 Å². The summed E-state index contributed by atoms with van der Waals surface area (Å²) in [6.45, 7) is 0. The molecule has 0 aliphatic carbocycles. The smallest absolute Gasteiger partial charge is 0.345 e. The first-order valence-electron chi connectivity index (χ1n) is 10.4. The maximum atomic E-state index is 12.5. The van der Waals surface area contributed by atoms with E-state index in [1.54, 1.807) is 79.0 Å². The number of anilines is 1. The molecule has 8 heteroatoms. The van der Waals surface area contributed by atoms with E-state index in [9.17, 15) is 9.59 Å². The van der Waals surface area contributed by atoms with E-state index >= 15 is 0 Å². The summed E-state index contributed by atoms with van der Waals surface area (Å²) in [5.41, 5.74) is 2.65. The van der Waals surface area contributed by atoms with Crippen LogP contribution in [0.25, 0.3) is 0 Å². The van der Waals surface area contributed by atoms with Crippen LogP contribution in [0.3, 0.4) is 0 Å². The van der Waals surface area contributed by atoms with Gasteiger partial charge in [0.2, 0.25) is 0 Å². The van der Waals surface area contributed by atoms with E-state index in [1.165, 1.54) is 12.1 Å². The second-order valence-electron chi connectivity index (χ2n) is 7.33. The molecule has 0 spiro atoms. The van der Waals surface area contributed by atoms with E-state index in [4.69, 9.17) is 39.5 Å². The molecule has 174 valence electrons. The number of esters is 1. The Balaban J connectivity index is 1.40. The number of amides is 1. The first kappa shape index (κ1) is 24.5. The molecule has 0 saturated carbocycles. The van der Waals surface area contributed by atoms with Crippen LogP contribution >= 0.6 is 34.8 Å². The Morgan fingerprint density at radius 3 is 2.29 bits per heavy atom. The normalized spacial score (nSPS) is 10.8. The Hall–Kier alpha value is -3.64. The van der Waals surface area contributed by atoms with Crippen LogP contribution in [-0.2, 0) is 0 Å². The third-order valence-corrected chi connectivity index (χ3v) is 5.70. The molecule has 5 nitrogen and oxygen atoms in total. The highest BCUT2D eigenvalue weighted by Gasteiger charge is 2.13. The number of nitrogens with zero attached hydrogens (tertiary/aromatic N) is 1. The van der Waals surface area contributed by atoms with Gasteiger partial charge in [-0.25, -0.2) is 4.79 Å². The molecule has 0 bridgehead atoms. The zero-order chi connectivity index (χ0) is 24.8. The van der Waals surface area contributed by atoms with Crippen LogP contribution in [0.4, 0.5) is 11.4 Å². The van der Waals surface area contributed by atoms with Gasteiger partial charge in [-0.05, 0) is 78.4 Å². The van der Waals surface area contributed by atoms with Gasteiger partial charge in [0, 0.05) is 16.9 Å². The predicted molar refractivity (Wildman–Crippen MR) is 141 cm³/mol. The number of benzene rings is 4. The maximum Gasteiger partial charge on any atom is 0.345 e. The Morgan fingerprint density at radius 2 is 1.54 bits per heavy atom. The van der Waals surface area contributed by atoms with Crippen molar-refractivity contribution in [3.63, 3.8) is 0 Å². The van der Waals surface area contributed by atoms with Crippen LogP contribution < -0.4 is 10.1 Å². The van der Waals surface area contributed by atoms with Gasteiger partial charge in [-0.2, -0.15) is 0 Å². The minimum atomic E-state index is -0.580. The first-order valence-corrected chi connectivity index (χ1v) is 11.5. The Labute approximate surface area is 216 Å². The molecule has 0 unspecified atom stereocenters. The number of nitrogens with one attached hydrogen (secondary N) is 1. The molecule has 0 saturated heterocycles. The van der Waals surface area contributed by atoms with E-state index in [0.29, 0.717) is 32.7 Å². The highest BCUT2D eigenvalue weighted by Crippen LogP contribution is 2.24. The van der Waals surface area contributed by atoms with Gasteiger partial charge in [0.15, 0.2) is 0 Å². The fourth-order valence-electron chi connectivity index (χ4n) is 3.10. The molecule has 1 amide bonds. The van der Waals surface area contributed by atoms with E-state index < -0.39 is 5.97 Å². The number of hydrogen-bond donors (Lipinski definition) is 1. The van der Waals surface area contributed by atoms with Gasteiger partial charge >= 0.3 is 5.97 Å². The lowest BCUT2D eigenvalue weighted by atomic mass is 10.2. The zero-order valence-corrected chi connectivity index (χ0v) is 20.3. The molecule has 4 aromatic rings. The molecule has 0 aromatic heterocycles. The molecular formula is C27H17Cl3N2O3. The van der Waals surface area contributed by atoms with Gasteiger partial charge in [0.25, 0.3) is 5.91 Å². The van der Waals surface area contributed by atoms with Crippen LogP contribution in [0, 0.1) is 0 Å². The molecule has 1 N–H and O–H groups in total. The quantitative estimate of drug-likeness (QED) is 0.159. The van der Waals surface area contributed by atoms with Crippen LogP contribution in [0.2, 0.25) is 15.1 Å². The van der Waals surface area contributed by atoms with Gasteiger partial charge in [0.1, 0.15) is 5.75 Å². The van der Waals surface area contributed by atoms with Crippen LogP contribution in [-0.4, -0.2) is 18.1 Å². The van der Waals surface area contributed by atoms with Crippen molar-refractivity contribution in [3.8, 4) is 5.75 Å². The Bertz CT molecular complexity index is 1420. The largest absolute Gasteiger partial charge is 0.423 e. The second kappa shape index (κ2) is 11.2. The number of hydrogen-bond acceptors (Lipinski definition) is 4. The number of carbonyl (C=O) groups is 2. The summed E-state index contributed by atoms with van der Waals surface area (Å²) in [5, 5.41) is 3.85. The lowest BCUT2D eigenvalue weighted by molar-refractivity contribution is 0.0734. The lowest BCUT2D eigenvalue weighted by Gasteiger charge is -2.07. The van der Waals surface area contributed by atoms with Crippen molar-refractivity contribution in [2.24, 2.45) is 4.99 Å². The Morgan fingerprint density at radius 1 is 0.771 bits per heavy atom. The van der Waals surface area contributed by atoms with Gasteiger partial charge in [-0.15, -0.1) is 0 Å². The van der Waals surface area contributed by atoms with Gasteiger partial charge in [0.05, 0.1) is 26.9 Å². The molecule has 35 heavy (non-hydrogen) atoms. The molecule has 4 rings (SSSR count). The number of carbonyl (C=O) groups excluding carboxylic acids is 2. The zero-order valence-electron chi connectivity index (χ0n) is 18.0. The summed E-state index contributed by atoms with van der Waals surface area (Å²) in [6, 6.07) is 25.4. The maximum absolute atomic E-state index is 12.5. The van der Waals surface area contributed by atoms with Crippen molar-refractivity contribution in [1.82, 2.24) is 0 Å². The number of aliphatic imine (C=N–C) groups is 1. The van der Waals surface area contributed by atoms with Crippen molar-refractivity contribution in [2.75, 3.05) is 5.32 Å². The predicted octanol–water partition coefficient (Wildman–Crippen LogP) is 7.87. The molecule has 0 aliphatic heterocycles. The van der Waals surface area contributed by atoms with Crippen LogP contribution in [0.1, 0.15) is 26.3 Å². The molecule has 4 aromatic carbocycles. The highest BCUT2D eigenvalue weighted by atomic mass is 35.5. The topological polar surface area (TPSA) is 67.8 Å². The summed E-state index contributed by atoms with van der Waals surface area (Å²) < 4.78 is 5.38. The van der Waals surface area contributed by atoms with Crippen molar-refractivity contribution in [3.05, 3.63) is 123 Å². The average molecular weight is 524 g/mol. The third kappa shape index (κ3) is 6.49. The van der Waals surface area contributed by atoms with Gasteiger partial charge in [-0.1, -0.05) is 53.0 Å². The van der Waals surface area contributed by atoms with Gasteiger partial charge < -0.3 is 10.1 Å². The Kier molecular flexibility index (Phi) is 7.83. The van der Waals surface area contributed by atoms with Crippen molar-refractivity contribution in [2.45, 2.75) is 0 Å². The van der Waals surface area contributed by atoms with Crippen molar-refractivity contribution in [1.29, 1.82) is 0 Å². The summed E-state index contributed by atoms with van der Waals surface area (Å²) >= 11 is 18.0. The summed E-state index contributed by atoms with van der Waals surface area (Å²) in [7, 11) is 0. The monoisotopic (exact) mass is 522 g/mol.